The van der Waals surface area contributed by atoms with Crippen LogP contribution in [-0.4, -0.2) is 42.2 Å². The summed E-state index contributed by atoms with van der Waals surface area (Å²) in [7, 11) is -1.13. The third-order valence-electron chi connectivity index (χ3n) is 5.76. The third-order valence-corrected chi connectivity index (χ3v) is 5.76. The topological polar surface area (TPSA) is 38.8 Å². The number of rotatable bonds is 2. The highest BCUT2D eigenvalue weighted by Gasteiger charge is 2.53. The van der Waals surface area contributed by atoms with Crippen LogP contribution in [0.15, 0.2) is 18.2 Å². The van der Waals surface area contributed by atoms with Gasteiger partial charge < -0.3 is 14.2 Å². The van der Waals surface area contributed by atoms with Gasteiger partial charge in [0.1, 0.15) is 0 Å². The molecule has 2 aliphatic rings. The molecule has 8 heteroatoms. The van der Waals surface area contributed by atoms with Crippen LogP contribution in [0.3, 0.4) is 0 Å². The van der Waals surface area contributed by atoms with Gasteiger partial charge in [0.05, 0.1) is 16.8 Å². The minimum Gasteiger partial charge on any atom is -0.399 e. The Kier molecular flexibility index (Phi) is 5.10. The number of carbonyl (C=O) groups excluding carboxylic acids is 1. The second kappa shape index (κ2) is 6.81. The van der Waals surface area contributed by atoms with Crippen molar-refractivity contribution in [1.82, 2.24) is 4.90 Å². The Morgan fingerprint density at radius 2 is 1.59 bits per heavy atom. The molecule has 0 aliphatic carbocycles. The van der Waals surface area contributed by atoms with Crippen molar-refractivity contribution in [2.75, 3.05) is 13.1 Å². The van der Waals surface area contributed by atoms with E-state index >= 15 is 0 Å². The quantitative estimate of drug-likeness (QED) is 0.733. The molecule has 0 bridgehead atoms. The van der Waals surface area contributed by atoms with E-state index in [0.717, 1.165) is 25.3 Å². The van der Waals surface area contributed by atoms with E-state index in [4.69, 9.17) is 9.31 Å². The highest BCUT2D eigenvalue weighted by molar-refractivity contribution is 6.62. The molecule has 1 aromatic rings. The average Bonchev–Trinajstić information content (AvgIpc) is 2.81. The van der Waals surface area contributed by atoms with E-state index in [2.05, 4.69) is 0 Å². The molecular formula is C19H25BF3NO3. The molecule has 0 unspecified atom stereocenters. The predicted octanol–water partition coefficient (Wildman–Crippen LogP) is 3.63. The number of hydrogen-bond donors (Lipinski definition) is 0. The van der Waals surface area contributed by atoms with E-state index in [1.165, 1.54) is 12.1 Å². The average molecular weight is 383 g/mol. The number of nitrogens with zero attached hydrogens (tertiary/aromatic N) is 1. The van der Waals surface area contributed by atoms with Crippen molar-refractivity contribution in [3.63, 3.8) is 0 Å². The number of benzene rings is 1. The fourth-order valence-corrected chi connectivity index (χ4v) is 3.39. The van der Waals surface area contributed by atoms with Gasteiger partial charge in [-0.05, 0) is 64.6 Å². The maximum atomic E-state index is 13.7. The Hall–Kier alpha value is -1.54. The lowest BCUT2D eigenvalue weighted by atomic mass is 9.75. The number of alkyl halides is 3. The molecule has 0 spiro atoms. The van der Waals surface area contributed by atoms with Crippen molar-refractivity contribution < 1.29 is 27.3 Å². The van der Waals surface area contributed by atoms with Gasteiger partial charge in [0.2, 0.25) is 0 Å². The lowest BCUT2D eigenvalue weighted by molar-refractivity contribution is -0.136. The van der Waals surface area contributed by atoms with Crippen LogP contribution in [0.4, 0.5) is 13.2 Å². The Morgan fingerprint density at radius 1 is 1.04 bits per heavy atom. The fourth-order valence-electron chi connectivity index (χ4n) is 3.39. The number of carbonyl (C=O) groups is 1. The SMILES string of the molecule is CC1(C)OB(c2ccc(C(=O)N3CCCCC3)cc2C(F)(F)F)OC1(C)C. The summed E-state index contributed by atoms with van der Waals surface area (Å²) < 4.78 is 52.8. The first-order valence-corrected chi connectivity index (χ1v) is 9.28. The van der Waals surface area contributed by atoms with Crippen LogP contribution in [-0.2, 0) is 15.5 Å². The van der Waals surface area contributed by atoms with Crippen molar-refractivity contribution in [2.24, 2.45) is 0 Å². The summed E-state index contributed by atoms with van der Waals surface area (Å²) in [5.74, 6) is -0.360. The monoisotopic (exact) mass is 383 g/mol. The molecule has 0 saturated carbocycles. The summed E-state index contributed by atoms with van der Waals surface area (Å²) in [6, 6.07) is 3.67. The standard InChI is InChI=1S/C19H25BF3NO3/c1-17(2)18(3,4)27-20(26-17)15-9-8-13(12-14(15)19(21,22)23)16(25)24-10-6-5-7-11-24/h8-9,12H,5-7,10-11H2,1-4H3. The molecule has 2 aliphatic heterocycles. The zero-order valence-electron chi connectivity index (χ0n) is 16.2. The molecule has 27 heavy (non-hydrogen) atoms. The predicted molar refractivity (Wildman–Crippen MR) is 96.9 cm³/mol. The van der Waals surface area contributed by atoms with Crippen LogP contribution < -0.4 is 5.46 Å². The minimum atomic E-state index is -4.61. The van der Waals surface area contributed by atoms with Gasteiger partial charge in [-0.1, -0.05) is 6.07 Å². The number of halogens is 3. The first-order valence-electron chi connectivity index (χ1n) is 9.28. The lowest BCUT2D eigenvalue weighted by Crippen LogP contribution is -2.41. The van der Waals surface area contributed by atoms with Crippen LogP contribution in [0.1, 0.15) is 62.9 Å². The van der Waals surface area contributed by atoms with Crippen molar-refractivity contribution >= 4 is 18.5 Å². The maximum Gasteiger partial charge on any atom is 0.495 e. The zero-order valence-corrected chi connectivity index (χ0v) is 16.2. The molecule has 3 rings (SSSR count). The molecule has 0 aromatic heterocycles. The van der Waals surface area contributed by atoms with Gasteiger partial charge in [0.25, 0.3) is 5.91 Å². The molecule has 4 nitrogen and oxygen atoms in total. The molecule has 0 N–H and O–H groups in total. The van der Waals surface area contributed by atoms with Crippen molar-refractivity contribution in [3.05, 3.63) is 29.3 Å². The van der Waals surface area contributed by atoms with Crippen LogP contribution in [0.2, 0.25) is 0 Å². The van der Waals surface area contributed by atoms with Crippen LogP contribution in [0.25, 0.3) is 0 Å². The minimum absolute atomic E-state index is 0.0458. The number of amides is 1. The highest BCUT2D eigenvalue weighted by atomic mass is 19.4. The largest absolute Gasteiger partial charge is 0.495 e. The Labute approximate surface area is 158 Å². The Balaban J connectivity index is 1.95. The number of hydrogen-bond acceptors (Lipinski definition) is 3. The molecule has 148 valence electrons. The number of likely N-dealkylation sites (tertiary alicyclic amines) is 1. The maximum absolute atomic E-state index is 13.7. The molecule has 1 amide bonds. The second-order valence-corrected chi connectivity index (χ2v) is 8.24. The first-order chi connectivity index (χ1) is 12.4. The Bertz CT molecular complexity index is 711. The molecule has 1 aromatic carbocycles. The summed E-state index contributed by atoms with van der Waals surface area (Å²) in [4.78, 5) is 14.2. The summed E-state index contributed by atoms with van der Waals surface area (Å²) in [5, 5.41) is 0. The lowest BCUT2D eigenvalue weighted by Gasteiger charge is -2.32. The van der Waals surface area contributed by atoms with E-state index in [9.17, 15) is 18.0 Å². The van der Waals surface area contributed by atoms with Crippen LogP contribution >= 0.6 is 0 Å². The van der Waals surface area contributed by atoms with Crippen molar-refractivity contribution in [1.29, 1.82) is 0 Å². The van der Waals surface area contributed by atoms with Crippen LogP contribution in [0, 0.1) is 0 Å². The van der Waals surface area contributed by atoms with Gasteiger partial charge >= 0.3 is 13.3 Å². The van der Waals surface area contributed by atoms with Gasteiger partial charge in [-0.25, -0.2) is 0 Å². The van der Waals surface area contributed by atoms with Crippen LogP contribution in [0.5, 0.6) is 0 Å². The van der Waals surface area contributed by atoms with Crippen molar-refractivity contribution in [2.45, 2.75) is 64.3 Å². The molecule has 0 radical (unpaired) electrons. The number of piperidine rings is 1. The van der Waals surface area contributed by atoms with E-state index in [-0.39, 0.29) is 16.9 Å². The molecule has 2 fully saturated rings. The third kappa shape index (κ3) is 3.87. The van der Waals surface area contributed by atoms with Crippen molar-refractivity contribution in [3.8, 4) is 0 Å². The second-order valence-electron chi connectivity index (χ2n) is 8.24. The smallest absolute Gasteiger partial charge is 0.399 e. The van der Waals surface area contributed by atoms with E-state index in [1.54, 1.807) is 32.6 Å². The summed E-state index contributed by atoms with van der Waals surface area (Å²) in [6.45, 7) is 8.31. The Morgan fingerprint density at radius 3 is 2.11 bits per heavy atom. The first kappa shape index (κ1) is 20.2. The summed E-state index contributed by atoms with van der Waals surface area (Å²) in [5.41, 5.74) is -2.43. The normalized spacial score (nSPS) is 22.2. The fraction of sp³-hybridized carbons (Fsp3) is 0.632. The van der Waals surface area contributed by atoms with Gasteiger partial charge in [0.15, 0.2) is 0 Å². The van der Waals surface area contributed by atoms with E-state index in [0.29, 0.717) is 13.1 Å². The highest BCUT2D eigenvalue weighted by Crippen LogP contribution is 2.38. The van der Waals surface area contributed by atoms with Gasteiger partial charge in [-0.15, -0.1) is 0 Å². The van der Waals surface area contributed by atoms with Gasteiger partial charge in [-0.3, -0.25) is 4.79 Å². The van der Waals surface area contributed by atoms with Gasteiger partial charge in [0, 0.05) is 18.7 Å². The van der Waals surface area contributed by atoms with Gasteiger partial charge in [-0.2, -0.15) is 13.2 Å². The molecule has 2 heterocycles. The molecule has 0 atom stereocenters. The molecular weight excluding hydrogens is 358 g/mol. The van der Waals surface area contributed by atoms with E-state index in [1.807, 2.05) is 0 Å². The summed E-state index contributed by atoms with van der Waals surface area (Å²) in [6.07, 6.45) is -1.82. The zero-order chi connectivity index (χ0) is 20.0. The van der Waals surface area contributed by atoms with E-state index < -0.39 is 30.1 Å². The summed E-state index contributed by atoms with van der Waals surface area (Å²) >= 11 is 0. The molecule has 2 saturated heterocycles.